The molecule has 10 nitrogen and oxygen atoms in total. The van der Waals surface area contributed by atoms with E-state index >= 15 is 0 Å². The van der Waals surface area contributed by atoms with Crippen LogP contribution in [-0.4, -0.2) is 71.5 Å². The minimum absolute atomic E-state index is 0.0708. The number of hydrogen-bond donors (Lipinski definition) is 1. The van der Waals surface area contributed by atoms with Crippen molar-refractivity contribution in [1.82, 2.24) is 20.1 Å². The number of aromatic nitrogens is 3. The van der Waals surface area contributed by atoms with Crippen molar-refractivity contribution in [3.63, 3.8) is 0 Å². The van der Waals surface area contributed by atoms with Crippen molar-refractivity contribution in [2.24, 2.45) is 0 Å². The lowest BCUT2D eigenvalue weighted by Crippen LogP contribution is -2.49. The second-order valence-electron chi connectivity index (χ2n) is 7.92. The molecule has 0 bridgehead atoms. The van der Waals surface area contributed by atoms with Gasteiger partial charge in [0, 0.05) is 32.4 Å². The van der Waals surface area contributed by atoms with E-state index in [1.807, 2.05) is 12.1 Å². The van der Waals surface area contributed by atoms with Crippen LogP contribution in [-0.2, 0) is 22.1 Å². The summed E-state index contributed by atoms with van der Waals surface area (Å²) in [7, 11) is 0. The lowest BCUT2D eigenvalue weighted by molar-refractivity contribution is -0.141. The Morgan fingerprint density at radius 1 is 1.26 bits per heavy atom. The monoisotopic (exact) mass is 494 g/mol. The Morgan fingerprint density at radius 2 is 2.00 bits per heavy atom. The molecule has 1 unspecified atom stereocenters. The first kappa shape index (κ1) is 26.0. The third-order valence-electron chi connectivity index (χ3n) is 5.29. The molecule has 1 saturated heterocycles. The fourth-order valence-corrected chi connectivity index (χ4v) is 3.54. The molecule has 3 heterocycles. The van der Waals surface area contributed by atoms with Crippen LogP contribution in [0.3, 0.4) is 0 Å². The molecule has 1 atom stereocenters. The molecule has 1 aliphatic rings. The highest BCUT2D eigenvalue weighted by molar-refractivity contribution is 5.76. The molecular weight excluding hydrogens is 469 g/mol. The van der Waals surface area contributed by atoms with Crippen LogP contribution < -0.4 is 15.2 Å². The molecule has 3 rings (SSSR count). The molecule has 1 aliphatic heterocycles. The number of piperazine rings is 1. The maximum atomic E-state index is 13.1. The molecule has 188 valence electrons. The summed E-state index contributed by atoms with van der Waals surface area (Å²) in [5, 5.41) is 13.8. The Labute approximate surface area is 199 Å². The standard InChI is InChI=1S/C22H25F3N6O4/c1-15(35-17-13-28-29-21(33)20(17)22(23,24)25)14-34-11-5-19(32)31-9-7-30(8-10-31)18-3-2-16(4-6-26)12-27-18/h2-3,12-13,15H,4-5,7-11,14H2,1H3,(H,29,33). The van der Waals surface area contributed by atoms with Crippen molar-refractivity contribution in [3.05, 3.63) is 46.0 Å². The van der Waals surface area contributed by atoms with E-state index in [4.69, 9.17) is 14.7 Å². The quantitative estimate of drug-likeness (QED) is 0.523. The SMILES string of the molecule is CC(COCCC(=O)N1CCN(c2ccc(CC#N)cn2)CC1)Oc1cn[nH]c(=O)c1C(F)(F)F. The van der Waals surface area contributed by atoms with E-state index in [0.29, 0.717) is 32.6 Å². The zero-order valence-corrected chi connectivity index (χ0v) is 19.0. The first-order chi connectivity index (χ1) is 16.7. The van der Waals surface area contributed by atoms with Crippen molar-refractivity contribution in [2.75, 3.05) is 44.3 Å². The third-order valence-corrected chi connectivity index (χ3v) is 5.29. The predicted octanol–water partition coefficient (Wildman–Crippen LogP) is 1.77. The van der Waals surface area contributed by atoms with Crippen molar-refractivity contribution >= 4 is 11.7 Å². The summed E-state index contributed by atoms with van der Waals surface area (Å²) >= 11 is 0. The van der Waals surface area contributed by atoms with Gasteiger partial charge in [0.1, 0.15) is 11.9 Å². The van der Waals surface area contributed by atoms with Crippen LogP contribution >= 0.6 is 0 Å². The van der Waals surface area contributed by atoms with Crippen LogP contribution in [0.1, 0.15) is 24.5 Å². The van der Waals surface area contributed by atoms with Gasteiger partial charge in [-0.15, -0.1) is 0 Å². The molecule has 2 aromatic heterocycles. The Bertz CT molecular complexity index is 1090. The van der Waals surface area contributed by atoms with Gasteiger partial charge in [-0.25, -0.2) is 10.1 Å². The van der Waals surface area contributed by atoms with Gasteiger partial charge in [0.25, 0.3) is 5.56 Å². The molecular formula is C22H25F3N6O4. The molecule has 0 spiro atoms. The number of nitrogens with one attached hydrogen (secondary N) is 1. The number of ether oxygens (including phenoxy) is 2. The lowest BCUT2D eigenvalue weighted by atomic mass is 10.2. The van der Waals surface area contributed by atoms with Crippen LogP contribution in [0.5, 0.6) is 5.75 Å². The highest BCUT2D eigenvalue weighted by Crippen LogP contribution is 2.33. The highest BCUT2D eigenvalue weighted by atomic mass is 19.4. The number of carbonyl (C=O) groups excluding carboxylic acids is 1. The van der Waals surface area contributed by atoms with Gasteiger partial charge >= 0.3 is 6.18 Å². The summed E-state index contributed by atoms with van der Waals surface area (Å²) < 4.78 is 49.8. The number of anilines is 1. The van der Waals surface area contributed by atoms with Gasteiger partial charge in [0.15, 0.2) is 11.3 Å². The highest BCUT2D eigenvalue weighted by Gasteiger charge is 2.38. The maximum Gasteiger partial charge on any atom is 0.425 e. The van der Waals surface area contributed by atoms with Gasteiger partial charge in [0.2, 0.25) is 5.91 Å². The van der Waals surface area contributed by atoms with Crippen LogP contribution in [0.15, 0.2) is 29.3 Å². The number of rotatable bonds is 9. The third kappa shape index (κ3) is 7.16. The van der Waals surface area contributed by atoms with E-state index in [2.05, 4.69) is 21.1 Å². The molecule has 1 amide bonds. The first-order valence-corrected chi connectivity index (χ1v) is 10.9. The summed E-state index contributed by atoms with van der Waals surface area (Å²) in [4.78, 5) is 32.1. The van der Waals surface area contributed by atoms with Crippen LogP contribution in [0, 0.1) is 11.3 Å². The predicted molar refractivity (Wildman–Crippen MR) is 118 cm³/mol. The Hall–Kier alpha value is -3.66. The summed E-state index contributed by atoms with van der Waals surface area (Å²) in [6.45, 7) is 3.78. The molecule has 1 fully saturated rings. The minimum atomic E-state index is -4.89. The fraction of sp³-hybridized carbons (Fsp3) is 0.500. The minimum Gasteiger partial charge on any atom is -0.486 e. The van der Waals surface area contributed by atoms with E-state index in [1.165, 1.54) is 6.92 Å². The van der Waals surface area contributed by atoms with Crippen LogP contribution in [0.4, 0.5) is 19.0 Å². The van der Waals surface area contributed by atoms with Crippen molar-refractivity contribution in [1.29, 1.82) is 5.26 Å². The average Bonchev–Trinajstić information content (AvgIpc) is 2.82. The molecule has 35 heavy (non-hydrogen) atoms. The normalized spacial score (nSPS) is 14.9. The fourth-order valence-electron chi connectivity index (χ4n) is 3.54. The summed E-state index contributed by atoms with van der Waals surface area (Å²) in [6, 6.07) is 5.80. The van der Waals surface area contributed by atoms with Gasteiger partial charge in [0.05, 0.1) is 38.3 Å². The Balaban J connectivity index is 1.39. The van der Waals surface area contributed by atoms with E-state index in [9.17, 15) is 22.8 Å². The first-order valence-electron chi connectivity index (χ1n) is 10.9. The van der Waals surface area contributed by atoms with Crippen molar-refractivity contribution in [2.45, 2.75) is 32.0 Å². The van der Waals surface area contributed by atoms with E-state index in [-0.39, 0.29) is 25.5 Å². The van der Waals surface area contributed by atoms with Crippen LogP contribution in [0.2, 0.25) is 0 Å². The number of carbonyl (C=O) groups is 1. The molecule has 13 heteroatoms. The lowest BCUT2D eigenvalue weighted by Gasteiger charge is -2.35. The second-order valence-corrected chi connectivity index (χ2v) is 7.92. The van der Waals surface area contributed by atoms with Gasteiger partial charge in [-0.3, -0.25) is 9.59 Å². The number of nitrogens with zero attached hydrogens (tertiary/aromatic N) is 5. The van der Waals surface area contributed by atoms with Crippen molar-refractivity contribution < 1.29 is 27.4 Å². The average molecular weight is 494 g/mol. The number of H-pyrrole nitrogens is 1. The summed E-state index contributed by atoms with van der Waals surface area (Å²) in [5.74, 6) is 0.0228. The van der Waals surface area contributed by atoms with Gasteiger partial charge in [-0.05, 0) is 18.6 Å². The van der Waals surface area contributed by atoms with Gasteiger partial charge in [-0.1, -0.05) is 6.07 Å². The van der Waals surface area contributed by atoms with Gasteiger partial charge in [-0.2, -0.15) is 23.5 Å². The number of nitriles is 1. The molecule has 0 aromatic carbocycles. The largest absolute Gasteiger partial charge is 0.486 e. The maximum absolute atomic E-state index is 13.1. The smallest absolute Gasteiger partial charge is 0.425 e. The summed E-state index contributed by atoms with van der Waals surface area (Å²) in [5.41, 5.74) is -2.00. The molecule has 0 saturated carbocycles. The number of aromatic amines is 1. The second kappa shape index (κ2) is 11.7. The molecule has 0 radical (unpaired) electrons. The summed E-state index contributed by atoms with van der Waals surface area (Å²) in [6.07, 6.45) is -2.80. The Kier molecular flexibility index (Phi) is 8.64. The molecule has 0 aliphatic carbocycles. The number of halogens is 3. The Morgan fingerprint density at radius 3 is 2.63 bits per heavy atom. The number of alkyl halides is 3. The number of pyridine rings is 1. The van der Waals surface area contributed by atoms with Crippen LogP contribution in [0.25, 0.3) is 0 Å². The number of amides is 1. The molecule has 2 aromatic rings. The van der Waals surface area contributed by atoms with E-state index in [0.717, 1.165) is 17.6 Å². The topological polar surface area (TPSA) is 124 Å². The molecule has 1 N–H and O–H groups in total. The zero-order valence-electron chi connectivity index (χ0n) is 19.0. The number of hydrogen-bond acceptors (Lipinski definition) is 8. The van der Waals surface area contributed by atoms with Crippen molar-refractivity contribution in [3.8, 4) is 11.8 Å². The van der Waals surface area contributed by atoms with E-state index < -0.39 is 29.2 Å². The zero-order chi connectivity index (χ0) is 25.4. The van der Waals surface area contributed by atoms with E-state index in [1.54, 1.807) is 16.2 Å². The van der Waals surface area contributed by atoms with Gasteiger partial charge < -0.3 is 19.3 Å².